The summed E-state index contributed by atoms with van der Waals surface area (Å²) in [5.74, 6) is 0.909. The van der Waals surface area contributed by atoms with E-state index in [0.29, 0.717) is 13.1 Å². The van der Waals surface area contributed by atoms with E-state index in [1.54, 1.807) is 23.9 Å². The van der Waals surface area contributed by atoms with Crippen LogP contribution in [-0.4, -0.2) is 60.6 Å². The van der Waals surface area contributed by atoms with Crippen LogP contribution in [0, 0.1) is 6.92 Å². The molecule has 22 heavy (non-hydrogen) atoms. The number of carbonyl (C=O) groups is 1. The molecule has 1 aliphatic rings. The van der Waals surface area contributed by atoms with E-state index in [1.165, 1.54) is 10.4 Å². The van der Waals surface area contributed by atoms with Crippen molar-refractivity contribution in [2.75, 3.05) is 36.9 Å². The van der Waals surface area contributed by atoms with Crippen molar-refractivity contribution >= 4 is 27.7 Å². The number of thioether (sulfide) groups is 1. The highest BCUT2D eigenvalue weighted by molar-refractivity contribution is 7.99. The molecule has 8 heteroatoms. The van der Waals surface area contributed by atoms with Crippen molar-refractivity contribution in [3.05, 3.63) is 29.3 Å². The first-order chi connectivity index (χ1) is 10.4. The Bertz CT molecular complexity index is 640. The van der Waals surface area contributed by atoms with Crippen molar-refractivity contribution in [1.29, 1.82) is 0 Å². The lowest BCUT2D eigenvalue weighted by atomic mass is 10.1. The van der Waals surface area contributed by atoms with Gasteiger partial charge in [0.05, 0.1) is 11.3 Å². The van der Waals surface area contributed by atoms with Gasteiger partial charge in [0.15, 0.2) is 0 Å². The SMILES string of the molecule is Cc1ccc(O)c(C(=O)NCCS(=O)(=O)N2CCSCC2)c1. The van der Waals surface area contributed by atoms with Gasteiger partial charge in [0.2, 0.25) is 10.0 Å². The minimum atomic E-state index is -3.34. The van der Waals surface area contributed by atoms with Crippen molar-refractivity contribution in [3.63, 3.8) is 0 Å². The number of rotatable bonds is 5. The third kappa shape index (κ3) is 4.37. The number of benzene rings is 1. The first-order valence-corrected chi connectivity index (χ1v) is 9.80. The Morgan fingerprint density at radius 1 is 1.36 bits per heavy atom. The molecule has 0 unspecified atom stereocenters. The highest BCUT2D eigenvalue weighted by Gasteiger charge is 2.24. The average Bonchev–Trinajstić information content (AvgIpc) is 2.50. The summed E-state index contributed by atoms with van der Waals surface area (Å²) >= 11 is 1.74. The second kappa shape index (κ2) is 7.34. The maximum Gasteiger partial charge on any atom is 0.255 e. The highest BCUT2D eigenvalue weighted by Crippen LogP contribution is 2.18. The van der Waals surface area contributed by atoms with Gasteiger partial charge < -0.3 is 10.4 Å². The van der Waals surface area contributed by atoms with Crippen LogP contribution < -0.4 is 5.32 Å². The van der Waals surface area contributed by atoms with E-state index < -0.39 is 15.9 Å². The zero-order valence-corrected chi connectivity index (χ0v) is 14.0. The molecular formula is C14H20N2O4S2. The third-order valence-corrected chi connectivity index (χ3v) is 6.22. The highest BCUT2D eigenvalue weighted by atomic mass is 32.2. The van der Waals surface area contributed by atoms with Crippen LogP contribution in [0.5, 0.6) is 5.75 Å². The lowest BCUT2D eigenvalue weighted by Crippen LogP contribution is -2.41. The smallest absolute Gasteiger partial charge is 0.255 e. The number of carbonyl (C=O) groups excluding carboxylic acids is 1. The fraction of sp³-hybridized carbons (Fsp3) is 0.500. The van der Waals surface area contributed by atoms with Gasteiger partial charge in [0.25, 0.3) is 5.91 Å². The Morgan fingerprint density at radius 2 is 2.05 bits per heavy atom. The molecule has 1 aromatic carbocycles. The Kier molecular flexibility index (Phi) is 5.71. The number of phenols is 1. The number of hydrogen-bond acceptors (Lipinski definition) is 5. The zero-order valence-electron chi connectivity index (χ0n) is 12.4. The monoisotopic (exact) mass is 344 g/mol. The Morgan fingerprint density at radius 3 is 2.73 bits per heavy atom. The Labute approximate surface area is 134 Å². The van der Waals surface area contributed by atoms with Crippen molar-refractivity contribution in [1.82, 2.24) is 9.62 Å². The number of aromatic hydroxyl groups is 1. The summed E-state index contributed by atoms with van der Waals surface area (Å²) in [6.45, 7) is 2.90. The maximum atomic E-state index is 12.1. The van der Waals surface area contributed by atoms with Crippen LogP contribution >= 0.6 is 11.8 Å². The molecule has 1 amide bonds. The summed E-state index contributed by atoms with van der Waals surface area (Å²) in [5.41, 5.74) is 1.01. The number of hydrogen-bond donors (Lipinski definition) is 2. The molecule has 0 bridgehead atoms. The number of amides is 1. The Balaban J connectivity index is 1.90. The minimum absolute atomic E-state index is 0.0260. The van der Waals surface area contributed by atoms with E-state index in [-0.39, 0.29) is 23.6 Å². The summed E-state index contributed by atoms with van der Waals surface area (Å²) in [6.07, 6.45) is 0. The van der Waals surface area contributed by atoms with Crippen LogP contribution in [0.15, 0.2) is 18.2 Å². The van der Waals surface area contributed by atoms with Gasteiger partial charge in [-0.3, -0.25) is 4.79 Å². The molecule has 0 saturated carbocycles. The quantitative estimate of drug-likeness (QED) is 0.825. The van der Waals surface area contributed by atoms with Gasteiger partial charge in [0.1, 0.15) is 5.75 Å². The molecule has 0 aromatic heterocycles. The first kappa shape index (κ1) is 17.1. The molecule has 1 heterocycles. The first-order valence-electron chi connectivity index (χ1n) is 7.03. The topological polar surface area (TPSA) is 86.7 Å². The van der Waals surface area contributed by atoms with Crippen LogP contribution in [-0.2, 0) is 10.0 Å². The third-order valence-electron chi connectivity index (χ3n) is 3.41. The molecule has 0 aliphatic carbocycles. The number of sulfonamides is 1. The second-order valence-electron chi connectivity index (χ2n) is 5.10. The fourth-order valence-electron chi connectivity index (χ4n) is 2.17. The van der Waals surface area contributed by atoms with Gasteiger partial charge in [-0.1, -0.05) is 11.6 Å². The minimum Gasteiger partial charge on any atom is -0.507 e. The van der Waals surface area contributed by atoms with E-state index in [2.05, 4.69) is 5.32 Å². The van der Waals surface area contributed by atoms with Crippen molar-refractivity contribution in [2.24, 2.45) is 0 Å². The van der Waals surface area contributed by atoms with E-state index in [9.17, 15) is 18.3 Å². The van der Waals surface area contributed by atoms with Gasteiger partial charge >= 0.3 is 0 Å². The molecule has 1 aromatic rings. The zero-order chi connectivity index (χ0) is 16.2. The van der Waals surface area contributed by atoms with Crippen molar-refractivity contribution in [3.8, 4) is 5.75 Å². The molecule has 1 fully saturated rings. The number of aryl methyl sites for hydroxylation is 1. The van der Waals surface area contributed by atoms with E-state index in [4.69, 9.17) is 0 Å². The second-order valence-corrected chi connectivity index (χ2v) is 8.42. The van der Waals surface area contributed by atoms with Gasteiger partial charge in [-0.15, -0.1) is 0 Å². The molecule has 6 nitrogen and oxygen atoms in total. The van der Waals surface area contributed by atoms with E-state index >= 15 is 0 Å². The van der Waals surface area contributed by atoms with Gasteiger partial charge in [-0.2, -0.15) is 11.8 Å². The molecule has 0 atom stereocenters. The number of phenolic OH excluding ortho intramolecular Hbond substituents is 1. The summed E-state index contributed by atoms with van der Waals surface area (Å²) < 4.78 is 25.8. The molecular weight excluding hydrogens is 324 g/mol. The lowest BCUT2D eigenvalue weighted by Gasteiger charge is -2.25. The molecule has 1 aliphatic heterocycles. The largest absolute Gasteiger partial charge is 0.507 e. The van der Waals surface area contributed by atoms with Crippen molar-refractivity contribution < 1.29 is 18.3 Å². The van der Waals surface area contributed by atoms with E-state index in [1.807, 2.05) is 6.92 Å². The summed E-state index contributed by atoms with van der Waals surface area (Å²) in [6, 6.07) is 4.72. The van der Waals surface area contributed by atoms with Gasteiger partial charge in [-0.25, -0.2) is 12.7 Å². The summed E-state index contributed by atoms with van der Waals surface area (Å²) in [5, 5.41) is 12.2. The molecule has 0 spiro atoms. The van der Waals surface area contributed by atoms with Crippen LogP contribution in [0.25, 0.3) is 0 Å². The lowest BCUT2D eigenvalue weighted by molar-refractivity contribution is 0.0953. The average molecular weight is 344 g/mol. The molecule has 2 N–H and O–H groups in total. The van der Waals surface area contributed by atoms with E-state index in [0.717, 1.165) is 17.1 Å². The van der Waals surface area contributed by atoms with Crippen LogP contribution in [0.1, 0.15) is 15.9 Å². The standard InChI is InChI=1S/C14H20N2O4S2/c1-11-2-3-13(17)12(10-11)14(18)15-4-9-22(19,20)16-5-7-21-8-6-16/h2-3,10,17H,4-9H2,1H3,(H,15,18). The predicted octanol–water partition coefficient (Wildman–Crippen LogP) is 0.809. The fourth-order valence-corrected chi connectivity index (χ4v) is 4.67. The van der Waals surface area contributed by atoms with Crippen molar-refractivity contribution in [2.45, 2.75) is 6.92 Å². The maximum absolute atomic E-state index is 12.1. The van der Waals surface area contributed by atoms with Gasteiger partial charge in [0, 0.05) is 31.1 Å². The summed E-state index contributed by atoms with van der Waals surface area (Å²) in [7, 11) is -3.34. The number of nitrogens with one attached hydrogen (secondary N) is 1. The molecule has 0 radical (unpaired) electrons. The number of nitrogens with zero attached hydrogens (tertiary/aromatic N) is 1. The summed E-state index contributed by atoms with van der Waals surface area (Å²) in [4.78, 5) is 12.0. The molecule has 1 saturated heterocycles. The Hall–Kier alpha value is -1.25. The van der Waals surface area contributed by atoms with Crippen LogP contribution in [0.3, 0.4) is 0 Å². The van der Waals surface area contributed by atoms with Crippen LogP contribution in [0.2, 0.25) is 0 Å². The van der Waals surface area contributed by atoms with Crippen LogP contribution in [0.4, 0.5) is 0 Å². The molecule has 2 rings (SSSR count). The predicted molar refractivity (Wildman–Crippen MR) is 87.9 cm³/mol. The molecule has 122 valence electrons. The normalized spacial score (nSPS) is 16.4. The van der Waals surface area contributed by atoms with Gasteiger partial charge in [-0.05, 0) is 19.1 Å².